The molecule has 0 amide bonds. The molecule has 0 saturated carbocycles. The summed E-state index contributed by atoms with van der Waals surface area (Å²) in [6, 6.07) is 13.1. The summed E-state index contributed by atoms with van der Waals surface area (Å²) in [6.07, 6.45) is 4.20. The molecule has 0 atom stereocenters. The van der Waals surface area contributed by atoms with Gasteiger partial charge in [0.05, 0.1) is 14.7 Å². The first-order chi connectivity index (χ1) is 22.2. The number of aromatic hydroxyl groups is 3. The Morgan fingerprint density at radius 2 is 0.714 bits per heavy atom. The topological polar surface area (TPSA) is 271 Å². The van der Waals surface area contributed by atoms with Crippen molar-refractivity contribution in [3.63, 3.8) is 0 Å². The van der Waals surface area contributed by atoms with E-state index >= 15 is 0 Å². The van der Waals surface area contributed by atoms with Crippen LogP contribution in [0.25, 0.3) is 32.7 Å². The normalized spacial score (nSPS) is 11.6. The molecule has 0 saturated heterocycles. The molecule has 257 valence electrons. The van der Waals surface area contributed by atoms with Gasteiger partial charge in [0.15, 0.2) is 17.2 Å². The van der Waals surface area contributed by atoms with Gasteiger partial charge in [-0.15, -0.1) is 0 Å². The maximum Gasteiger partial charge on any atom is 3.00 e. The molecule has 0 fully saturated rings. The summed E-state index contributed by atoms with van der Waals surface area (Å²) in [5.74, 6) is -1.85. The molecular weight excluding hydrogens is 950 g/mol. The van der Waals surface area contributed by atoms with E-state index in [1.807, 2.05) is 0 Å². The zero-order chi connectivity index (χ0) is 35.8. The number of pyridine rings is 3. The van der Waals surface area contributed by atoms with Crippen molar-refractivity contribution >= 4 is 111 Å². The molecule has 0 aliphatic carbocycles. The van der Waals surface area contributed by atoms with Crippen LogP contribution in [0.15, 0.2) is 101 Å². The Morgan fingerprint density at radius 3 is 0.918 bits per heavy atom. The van der Waals surface area contributed by atoms with Gasteiger partial charge in [-0.25, -0.2) is 25.3 Å². The number of hydrogen-bond donors (Lipinski definition) is 3. The van der Waals surface area contributed by atoms with Gasteiger partial charge in [-0.2, -0.15) is 0 Å². The van der Waals surface area contributed by atoms with Crippen LogP contribution in [-0.2, 0) is 47.4 Å². The molecule has 6 rings (SSSR count). The second-order valence-electron chi connectivity index (χ2n) is 9.18. The maximum absolute atomic E-state index is 10.9. The van der Waals surface area contributed by atoms with Gasteiger partial charge in [0.2, 0.25) is 0 Å². The van der Waals surface area contributed by atoms with Gasteiger partial charge >= 0.3 is 17.1 Å². The Hall–Kier alpha value is -3.02. The van der Waals surface area contributed by atoms with Crippen molar-refractivity contribution in [1.29, 1.82) is 0 Å². The van der Waals surface area contributed by atoms with E-state index in [0.29, 0.717) is 29.6 Å². The average molecular weight is 965 g/mol. The third-order valence-electron chi connectivity index (χ3n) is 6.15. The molecular formula is C27H15Br3FeN3O12S3. The first-order valence-corrected chi connectivity index (χ1v) is 19.0. The first-order valence-electron chi connectivity index (χ1n) is 12.4. The van der Waals surface area contributed by atoms with Crippen LogP contribution in [0, 0.1) is 0 Å². The van der Waals surface area contributed by atoms with Gasteiger partial charge < -0.3 is 29.0 Å². The van der Waals surface area contributed by atoms with Crippen LogP contribution in [0.4, 0.5) is 0 Å². The zero-order valence-corrected chi connectivity index (χ0v) is 31.8. The molecule has 0 unspecified atom stereocenters. The van der Waals surface area contributed by atoms with E-state index in [1.54, 1.807) is 36.4 Å². The van der Waals surface area contributed by atoms with E-state index in [0.717, 1.165) is 18.2 Å². The van der Waals surface area contributed by atoms with Crippen LogP contribution in [0.5, 0.6) is 17.2 Å². The second-order valence-corrected chi connectivity index (χ2v) is 15.8. The molecule has 0 bridgehead atoms. The summed E-state index contributed by atoms with van der Waals surface area (Å²) >= 11 is 9.36. The number of fused-ring (bicyclic) bond motifs is 3. The molecule has 49 heavy (non-hydrogen) atoms. The maximum atomic E-state index is 10.9. The number of phenols is 3. The summed E-state index contributed by atoms with van der Waals surface area (Å²) < 4.78 is 99.1. The summed E-state index contributed by atoms with van der Waals surface area (Å²) in [5.41, 5.74) is 0.226. The minimum atomic E-state index is -4.72. The molecule has 6 aromatic rings. The number of nitrogens with zero attached hydrogens (tertiary/aromatic N) is 3. The summed E-state index contributed by atoms with van der Waals surface area (Å²) in [7, 11) is -14.2. The summed E-state index contributed by atoms with van der Waals surface area (Å²) in [6.45, 7) is 0. The van der Waals surface area contributed by atoms with Crippen LogP contribution in [0.2, 0.25) is 0 Å². The molecule has 3 aromatic carbocycles. The molecule has 3 heterocycles. The van der Waals surface area contributed by atoms with E-state index in [2.05, 4.69) is 62.7 Å². The summed E-state index contributed by atoms with van der Waals surface area (Å²) in [5, 5.41) is 30.5. The molecule has 0 aliphatic heterocycles. The molecule has 15 nitrogen and oxygen atoms in total. The van der Waals surface area contributed by atoms with Crippen LogP contribution in [-0.4, -0.2) is 69.2 Å². The summed E-state index contributed by atoms with van der Waals surface area (Å²) in [4.78, 5) is 9.47. The Morgan fingerprint density at radius 1 is 0.490 bits per heavy atom. The van der Waals surface area contributed by atoms with Crippen molar-refractivity contribution in [3.8, 4) is 17.2 Å². The van der Waals surface area contributed by atoms with Gasteiger partial charge in [-0.05, 0) is 36.4 Å². The van der Waals surface area contributed by atoms with E-state index in [1.165, 1.54) is 18.6 Å². The van der Waals surface area contributed by atoms with Crippen molar-refractivity contribution in [2.24, 2.45) is 0 Å². The fourth-order valence-electron chi connectivity index (χ4n) is 4.07. The van der Waals surface area contributed by atoms with Crippen molar-refractivity contribution in [2.45, 2.75) is 14.7 Å². The predicted molar refractivity (Wildman–Crippen MR) is 177 cm³/mol. The minimum Gasteiger partial charge on any atom is -0.744 e. The second kappa shape index (κ2) is 15.5. The third-order valence-corrected chi connectivity index (χ3v) is 10.7. The zero-order valence-electron chi connectivity index (χ0n) is 23.5. The van der Waals surface area contributed by atoms with E-state index in [9.17, 15) is 54.2 Å². The van der Waals surface area contributed by atoms with Crippen LogP contribution < -0.4 is 0 Å². The van der Waals surface area contributed by atoms with Crippen LogP contribution in [0.3, 0.4) is 0 Å². The van der Waals surface area contributed by atoms with Crippen molar-refractivity contribution in [3.05, 3.63) is 86.6 Å². The van der Waals surface area contributed by atoms with Crippen molar-refractivity contribution in [1.82, 2.24) is 15.0 Å². The number of phenolic OH excluding ortho intramolecular Hbond substituents is 3. The predicted octanol–water partition coefficient (Wildman–Crippen LogP) is 4.82. The molecule has 1 radical (unpaired) electrons. The molecule has 22 heteroatoms. The number of aromatic nitrogens is 3. The van der Waals surface area contributed by atoms with Gasteiger partial charge in [0.1, 0.15) is 46.9 Å². The number of hydrogen-bond acceptors (Lipinski definition) is 15. The van der Waals surface area contributed by atoms with Crippen LogP contribution >= 0.6 is 47.8 Å². The number of benzene rings is 3. The van der Waals surface area contributed by atoms with E-state index in [4.69, 9.17) is 0 Å². The average Bonchev–Trinajstić information content (AvgIpc) is 3.01. The van der Waals surface area contributed by atoms with Gasteiger partial charge in [-0.3, -0.25) is 15.0 Å². The monoisotopic (exact) mass is 962 g/mol. The van der Waals surface area contributed by atoms with Crippen molar-refractivity contribution in [2.75, 3.05) is 0 Å². The molecule has 3 N–H and O–H groups in total. The Kier molecular flexibility index (Phi) is 12.8. The minimum absolute atomic E-state index is 0. The fourth-order valence-corrected chi connectivity index (χ4v) is 7.95. The van der Waals surface area contributed by atoms with Crippen molar-refractivity contribution < 1.29 is 71.3 Å². The van der Waals surface area contributed by atoms with Gasteiger partial charge in [0, 0.05) is 48.2 Å². The van der Waals surface area contributed by atoms with Crippen LogP contribution in [0.1, 0.15) is 0 Å². The molecule has 0 spiro atoms. The standard InChI is InChI=1S/3C9H6BrNO4S.Fe/c3*10-6-4-7(16(13,14)15)9(12)8-5(6)2-1-3-11-8;/h3*1-4,12H,(H,13,14,15);/q;;;+3/p-3. The largest absolute Gasteiger partial charge is 3.00 e. The SMILES string of the molecule is O=S(=O)([O-])c1cc(Br)c2cccnc2c1O.O=S(=O)([O-])c1cc(Br)c2cccnc2c1O.O=S(=O)([O-])c1cc(Br)c2cccnc2c1O.[Fe+3]. The number of halogens is 3. The molecule has 0 aliphatic rings. The third kappa shape index (κ3) is 9.02. The molecule has 3 aromatic heterocycles. The fraction of sp³-hybridized carbons (Fsp3) is 0. The van der Waals surface area contributed by atoms with E-state index < -0.39 is 62.3 Å². The van der Waals surface area contributed by atoms with Gasteiger partial charge in [0.25, 0.3) is 0 Å². The Bertz CT molecular complexity index is 2300. The first kappa shape index (κ1) is 40.4. The van der Waals surface area contributed by atoms with Gasteiger partial charge in [-0.1, -0.05) is 66.0 Å². The Labute approximate surface area is 313 Å². The number of rotatable bonds is 3. The quantitative estimate of drug-likeness (QED) is 0.159. The van der Waals surface area contributed by atoms with E-state index in [-0.39, 0.29) is 33.6 Å². The smallest absolute Gasteiger partial charge is 0.744 e. The Balaban J connectivity index is 0.000000197.